The Hall–Kier alpha value is 0.224. The van der Waals surface area contributed by atoms with Gasteiger partial charge in [-0.2, -0.15) is 0 Å². The van der Waals surface area contributed by atoms with Gasteiger partial charge in [-0.05, 0) is 30.2 Å². The van der Waals surface area contributed by atoms with E-state index in [9.17, 15) is 8.22 Å². The summed E-state index contributed by atoms with van der Waals surface area (Å²) in [5.41, 5.74) is 0. The predicted octanol–water partition coefficient (Wildman–Crippen LogP) is 8.63. The van der Waals surface area contributed by atoms with Gasteiger partial charge in [-0.25, -0.2) is 0 Å². The van der Waals surface area contributed by atoms with Gasteiger partial charge in [0.15, 0.2) is 0 Å². The molecule has 0 heterocycles. The van der Waals surface area contributed by atoms with Crippen LogP contribution in [0.3, 0.4) is 0 Å². The smallest absolute Gasteiger partial charge is 0.314 e. The predicted molar refractivity (Wildman–Crippen MR) is 107 cm³/mol. The van der Waals surface area contributed by atoms with Crippen molar-refractivity contribution in [3.63, 3.8) is 0 Å². The molecule has 24 heavy (non-hydrogen) atoms. The molecule has 0 aromatic carbocycles. The van der Waals surface area contributed by atoms with E-state index in [2.05, 4.69) is 13.8 Å². The zero-order valence-electron chi connectivity index (χ0n) is 16.4. The van der Waals surface area contributed by atoms with E-state index < -0.39 is 17.1 Å². The fourth-order valence-electron chi connectivity index (χ4n) is 3.34. The first-order valence-corrected chi connectivity index (χ1v) is 15.1. The van der Waals surface area contributed by atoms with E-state index in [1.54, 1.807) is 0 Å². The Morgan fingerprint density at radius 2 is 0.750 bits per heavy atom. The second kappa shape index (κ2) is 14.4. The third-order valence-electron chi connectivity index (χ3n) is 5.02. The average molecular weight is 383 g/mol. The Balaban J connectivity index is 4.14. The molecule has 0 aliphatic carbocycles. The molecule has 0 aliphatic heterocycles. The molecule has 0 rings (SSSR count). The standard InChI is InChI=1S/C19H41F3Si2/c1-4-7-10-15-23(20,16-11-8-5-2)17-13-14-19-24(21,22)18-12-9-6-3/h4-19H2,1-3H3. The van der Waals surface area contributed by atoms with Crippen LogP contribution in [0.15, 0.2) is 0 Å². The fourth-order valence-corrected chi connectivity index (χ4v) is 8.53. The van der Waals surface area contributed by atoms with Crippen molar-refractivity contribution in [2.75, 3.05) is 0 Å². The maximum Gasteiger partial charge on any atom is 0.425 e. The van der Waals surface area contributed by atoms with E-state index in [-0.39, 0.29) is 12.1 Å². The number of unbranched alkanes of at least 4 members (excludes halogenated alkanes) is 7. The molecule has 0 radical (unpaired) electrons. The molecule has 5 heteroatoms. The van der Waals surface area contributed by atoms with Crippen molar-refractivity contribution < 1.29 is 12.3 Å². The lowest BCUT2D eigenvalue weighted by Crippen LogP contribution is -2.28. The zero-order valence-corrected chi connectivity index (χ0v) is 18.4. The van der Waals surface area contributed by atoms with E-state index >= 15 is 4.11 Å². The van der Waals surface area contributed by atoms with Crippen LogP contribution in [-0.4, -0.2) is 17.1 Å². The summed E-state index contributed by atoms with van der Waals surface area (Å²) in [6.07, 6.45) is 10.3. The monoisotopic (exact) mass is 382 g/mol. The minimum absolute atomic E-state index is 0.0884. The molecule has 0 spiro atoms. The van der Waals surface area contributed by atoms with Gasteiger partial charge in [0.05, 0.1) is 0 Å². The van der Waals surface area contributed by atoms with Crippen molar-refractivity contribution in [2.24, 2.45) is 0 Å². The van der Waals surface area contributed by atoms with Gasteiger partial charge >= 0.3 is 8.74 Å². The summed E-state index contributed by atoms with van der Waals surface area (Å²) >= 11 is 0. The van der Waals surface area contributed by atoms with Crippen molar-refractivity contribution in [2.45, 2.75) is 122 Å². The third kappa shape index (κ3) is 13.5. The molecule has 0 amide bonds. The largest absolute Gasteiger partial charge is 0.425 e. The summed E-state index contributed by atoms with van der Waals surface area (Å²) < 4.78 is 43.1. The van der Waals surface area contributed by atoms with Crippen LogP contribution in [0.1, 0.15) is 91.4 Å². The quantitative estimate of drug-likeness (QED) is 0.134. The first-order valence-electron chi connectivity index (χ1n) is 10.5. The number of halogens is 3. The van der Waals surface area contributed by atoms with Crippen LogP contribution in [-0.2, 0) is 0 Å². The highest BCUT2D eigenvalue weighted by molar-refractivity contribution is 6.73. The van der Waals surface area contributed by atoms with Gasteiger partial charge in [0.25, 0.3) is 0 Å². The van der Waals surface area contributed by atoms with E-state index in [1.807, 2.05) is 6.92 Å². The van der Waals surface area contributed by atoms with Crippen molar-refractivity contribution in [3.05, 3.63) is 0 Å². The van der Waals surface area contributed by atoms with E-state index in [0.717, 1.165) is 63.5 Å². The lowest BCUT2D eigenvalue weighted by Gasteiger charge is -2.23. The molecule has 0 fully saturated rings. The highest BCUT2D eigenvalue weighted by Gasteiger charge is 2.35. The van der Waals surface area contributed by atoms with Crippen LogP contribution in [0.4, 0.5) is 12.3 Å². The van der Waals surface area contributed by atoms with Gasteiger partial charge in [-0.3, -0.25) is 8.22 Å². The normalized spacial score (nSPS) is 12.8. The van der Waals surface area contributed by atoms with Gasteiger partial charge in [0.2, 0.25) is 8.41 Å². The Labute approximate surface area is 151 Å². The first kappa shape index (κ1) is 24.2. The van der Waals surface area contributed by atoms with Crippen molar-refractivity contribution in [1.29, 1.82) is 0 Å². The highest BCUT2D eigenvalue weighted by atomic mass is 28.4. The van der Waals surface area contributed by atoms with E-state index in [1.165, 1.54) is 0 Å². The summed E-state index contributed by atoms with van der Waals surface area (Å²) in [6.45, 7) is 6.33. The second-order valence-electron chi connectivity index (χ2n) is 7.59. The molecule has 0 atom stereocenters. The van der Waals surface area contributed by atoms with Crippen molar-refractivity contribution in [3.8, 4) is 0 Å². The Bertz CT molecular complexity index is 276. The van der Waals surface area contributed by atoms with Crippen molar-refractivity contribution in [1.82, 2.24) is 0 Å². The van der Waals surface area contributed by atoms with E-state index in [0.29, 0.717) is 25.3 Å². The summed E-state index contributed by atoms with van der Waals surface area (Å²) in [5, 5.41) is 0. The molecule has 0 aromatic rings. The maximum atomic E-state index is 15.3. The van der Waals surface area contributed by atoms with Crippen molar-refractivity contribution >= 4 is 17.1 Å². The number of hydrogen-bond acceptors (Lipinski definition) is 0. The molecule has 0 aliphatic rings. The van der Waals surface area contributed by atoms with Crippen LogP contribution >= 0.6 is 0 Å². The van der Waals surface area contributed by atoms with Gasteiger partial charge in [-0.15, -0.1) is 0 Å². The molecule has 0 saturated carbocycles. The SMILES string of the molecule is CCCCC[Si](F)(F)CCCC[Si](F)(CCCCC)CCCCC. The average Bonchev–Trinajstić information content (AvgIpc) is 2.52. The first-order chi connectivity index (χ1) is 11.4. The topological polar surface area (TPSA) is 0 Å². The summed E-state index contributed by atoms with van der Waals surface area (Å²) in [4.78, 5) is 0. The fraction of sp³-hybridized carbons (Fsp3) is 1.00. The molecule has 0 unspecified atom stereocenters. The Kier molecular flexibility index (Phi) is 14.5. The van der Waals surface area contributed by atoms with Gasteiger partial charge < -0.3 is 4.11 Å². The lowest BCUT2D eigenvalue weighted by molar-refractivity contribution is 0.558. The van der Waals surface area contributed by atoms with Crippen LogP contribution in [0.25, 0.3) is 0 Å². The summed E-state index contributed by atoms with van der Waals surface area (Å²) in [7, 11) is -6.69. The lowest BCUT2D eigenvalue weighted by atomic mass is 10.3. The third-order valence-corrected chi connectivity index (χ3v) is 10.9. The second-order valence-corrected chi connectivity index (χ2v) is 14.1. The molecular formula is C19H41F3Si2. The Morgan fingerprint density at radius 3 is 1.12 bits per heavy atom. The van der Waals surface area contributed by atoms with Gasteiger partial charge in [0, 0.05) is 0 Å². The minimum atomic E-state index is -4.01. The molecule has 146 valence electrons. The maximum absolute atomic E-state index is 15.3. The van der Waals surface area contributed by atoms with Crippen LogP contribution < -0.4 is 0 Å². The number of hydrogen-bond donors (Lipinski definition) is 0. The summed E-state index contributed by atoms with van der Waals surface area (Å²) in [6, 6.07) is 2.38. The van der Waals surface area contributed by atoms with Crippen LogP contribution in [0.2, 0.25) is 30.2 Å². The highest BCUT2D eigenvalue weighted by Crippen LogP contribution is 2.32. The van der Waals surface area contributed by atoms with E-state index in [4.69, 9.17) is 0 Å². The van der Waals surface area contributed by atoms with Gasteiger partial charge in [0.1, 0.15) is 0 Å². The molecule has 0 bridgehead atoms. The molecule has 0 N–H and O–H groups in total. The molecule has 0 nitrogen and oxygen atoms in total. The molecule has 0 aromatic heterocycles. The number of rotatable bonds is 17. The summed E-state index contributed by atoms with van der Waals surface area (Å²) in [5.74, 6) is 0. The Morgan fingerprint density at radius 1 is 0.458 bits per heavy atom. The molecular weight excluding hydrogens is 341 g/mol. The van der Waals surface area contributed by atoms with Crippen LogP contribution in [0, 0.1) is 0 Å². The zero-order chi connectivity index (χ0) is 18.3. The van der Waals surface area contributed by atoms with Gasteiger partial charge in [-0.1, -0.05) is 91.4 Å². The molecule has 0 saturated heterocycles. The minimum Gasteiger partial charge on any atom is -0.314 e. The van der Waals surface area contributed by atoms with Crippen LogP contribution in [0.5, 0.6) is 0 Å².